The van der Waals surface area contributed by atoms with Gasteiger partial charge in [0.15, 0.2) is 0 Å². The number of nitrogens with two attached hydrogens (primary N) is 1. The van der Waals surface area contributed by atoms with Gasteiger partial charge in [-0.3, -0.25) is 4.79 Å². The summed E-state index contributed by atoms with van der Waals surface area (Å²) in [4.78, 5) is 12.1. The maximum atomic E-state index is 12.8. The minimum absolute atomic E-state index is 0.0454. The zero-order valence-electron chi connectivity index (χ0n) is 15.6. The first-order chi connectivity index (χ1) is 13.5. The number of hydrogen-bond donors (Lipinski definition) is 2. The molecule has 2 rings (SSSR count). The molecular formula is C17H20ClN3O6S2. The lowest BCUT2D eigenvalue weighted by atomic mass is 10.3. The van der Waals surface area contributed by atoms with Crippen LogP contribution in [0.2, 0.25) is 5.02 Å². The van der Waals surface area contributed by atoms with Crippen molar-refractivity contribution in [2.24, 2.45) is 5.14 Å². The van der Waals surface area contributed by atoms with Crippen molar-refractivity contribution < 1.29 is 26.4 Å². The smallest absolute Gasteiger partial charge is 0.243 e. The molecule has 29 heavy (non-hydrogen) atoms. The molecule has 1 amide bonds. The molecule has 158 valence electrons. The van der Waals surface area contributed by atoms with E-state index in [1.807, 2.05) is 0 Å². The molecule has 9 nitrogen and oxygen atoms in total. The predicted molar refractivity (Wildman–Crippen MR) is 109 cm³/mol. The summed E-state index contributed by atoms with van der Waals surface area (Å²) in [7, 11) is -6.41. The minimum Gasteiger partial charge on any atom is -0.495 e. The SMILES string of the molecule is CCN(CC(=O)Nc1ccc(S(N)(=O)=O)cc1)S(=O)(=O)c1ccc(OC)c(Cl)c1. The van der Waals surface area contributed by atoms with Crippen molar-refractivity contribution in [2.75, 3.05) is 25.5 Å². The molecule has 0 aliphatic rings. The second kappa shape index (κ2) is 9.09. The van der Waals surface area contributed by atoms with Crippen molar-refractivity contribution in [1.82, 2.24) is 4.31 Å². The first kappa shape index (κ1) is 23.1. The summed E-state index contributed by atoms with van der Waals surface area (Å²) in [5, 5.41) is 7.66. The van der Waals surface area contributed by atoms with Crippen molar-refractivity contribution >= 4 is 43.2 Å². The van der Waals surface area contributed by atoms with Gasteiger partial charge in [-0.25, -0.2) is 22.0 Å². The zero-order valence-corrected chi connectivity index (χ0v) is 18.0. The van der Waals surface area contributed by atoms with Gasteiger partial charge in [-0.05, 0) is 42.5 Å². The molecule has 2 aromatic rings. The quantitative estimate of drug-likeness (QED) is 0.613. The number of hydrogen-bond acceptors (Lipinski definition) is 6. The first-order valence-electron chi connectivity index (χ1n) is 8.25. The monoisotopic (exact) mass is 461 g/mol. The topological polar surface area (TPSA) is 136 Å². The summed E-state index contributed by atoms with van der Waals surface area (Å²) in [6.45, 7) is 1.19. The van der Waals surface area contributed by atoms with Crippen LogP contribution in [0.1, 0.15) is 6.92 Å². The van der Waals surface area contributed by atoms with Crippen LogP contribution in [0.25, 0.3) is 0 Å². The third-order valence-electron chi connectivity index (χ3n) is 3.90. The van der Waals surface area contributed by atoms with Gasteiger partial charge in [0.05, 0.1) is 28.5 Å². The predicted octanol–water partition coefficient (Wildman–Crippen LogP) is 1.65. The molecule has 0 atom stereocenters. The number of halogens is 1. The van der Waals surface area contributed by atoms with Crippen LogP contribution in [0.4, 0.5) is 5.69 Å². The van der Waals surface area contributed by atoms with Crippen LogP contribution in [-0.2, 0) is 24.8 Å². The van der Waals surface area contributed by atoms with Crippen molar-refractivity contribution in [1.29, 1.82) is 0 Å². The lowest BCUT2D eigenvalue weighted by molar-refractivity contribution is -0.116. The fourth-order valence-electron chi connectivity index (χ4n) is 2.41. The molecule has 0 aliphatic heterocycles. The maximum absolute atomic E-state index is 12.8. The molecule has 0 spiro atoms. The Balaban J connectivity index is 2.15. The average Bonchev–Trinajstić information content (AvgIpc) is 2.65. The number of sulfonamides is 2. The van der Waals surface area contributed by atoms with E-state index in [1.54, 1.807) is 6.92 Å². The fraction of sp³-hybridized carbons (Fsp3) is 0.235. The second-order valence-corrected chi connectivity index (χ2v) is 9.75. The Labute approximate surface area is 174 Å². The summed E-state index contributed by atoms with van der Waals surface area (Å²) < 4.78 is 54.2. The summed E-state index contributed by atoms with van der Waals surface area (Å²) in [6, 6.07) is 9.19. The van der Waals surface area contributed by atoms with Crippen molar-refractivity contribution in [3.63, 3.8) is 0 Å². The van der Waals surface area contributed by atoms with Gasteiger partial charge in [-0.2, -0.15) is 4.31 Å². The molecule has 0 saturated carbocycles. The minimum atomic E-state index is -3.98. The van der Waals surface area contributed by atoms with Gasteiger partial charge in [0, 0.05) is 12.2 Å². The molecule has 3 N–H and O–H groups in total. The number of amides is 1. The molecule has 0 fully saturated rings. The molecule has 0 heterocycles. The molecule has 12 heteroatoms. The van der Waals surface area contributed by atoms with Crippen LogP contribution in [0, 0.1) is 0 Å². The highest BCUT2D eigenvalue weighted by Crippen LogP contribution is 2.28. The maximum Gasteiger partial charge on any atom is 0.243 e. The summed E-state index contributed by atoms with van der Waals surface area (Å²) in [5.41, 5.74) is 0.295. The van der Waals surface area contributed by atoms with Gasteiger partial charge in [0.2, 0.25) is 26.0 Å². The van der Waals surface area contributed by atoms with Crippen LogP contribution in [-0.4, -0.2) is 47.2 Å². The van der Waals surface area contributed by atoms with Gasteiger partial charge in [0.1, 0.15) is 5.75 Å². The van der Waals surface area contributed by atoms with Crippen molar-refractivity contribution in [2.45, 2.75) is 16.7 Å². The number of carbonyl (C=O) groups is 1. The van der Waals surface area contributed by atoms with E-state index in [0.29, 0.717) is 11.4 Å². The molecule has 0 saturated heterocycles. The van der Waals surface area contributed by atoms with Crippen LogP contribution in [0.5, 0.6) is 5.75 Å². The van der Waals surface area contributed by atoms with Gasteiger partial charge in [-0.1, -0.05) is 18.5 Å². The Morgan fingerprint density at radius 1 is 1.10 bits per heavy atom. The Morgan fingerprint density at radius 2 is 1.69 bits per heavy atom. The van der Waals surface area contributed by atoms with Crippen LogP contribution in [0.3, 0.4) is 0 Å². The Kier molecular flexibility index (Phi) is 7.25. The Hall–Kier alpha value is -2.18. The highest BCUT2D eigenvalue weighted by Gasteiger charge is 2.26. The highest BCUT2D eigenvalue weighted by molar-refractivity contribution is 7.89. The van der Waals surface area contributed by atoms with E-state index in [1.165, 1.54) is 49.6 Å². The average molecular weight is 462 g/mol. The van der Waals surface area contributed by atoms with E-state index in [0.717, 1.165) is 4.31 Å². The largest absolute Gasteiger partial charge is 0.495 e. The van der Waals surface area contributed by atoms with Gasteiger partial charge in [-0.15, -0.1) is 0 Å². The number of carbonyl (C=O) groups excluding carboxylic acids is 1. The van der Waals surface area contributed by atoms with Gasteiger partial charge < -0.3 is 10.1 Å². The molecule has 0 aliphatic carbocycles. The van der Waals surface area contributed by atoms with Crippen molar-refractivity contribution in [3.05, 3.63) is 47.5 Å². The third-order valence-corrected chi connectivity index (χ3v) is 7.04. The molecular weight excluding hydrogens is 442 g/mol. The van der Waals surface area contributed by atoms with E-state index < -0.39 is 32.5 Å². The number of ether oxygens (including phenoxy) is 1. The highest BCUT2D eigenvalue weighted by atomic mass is 35.5. The number of benzene rings is 2. The number of nitrogens with zero attached hydrogens (tertiary/aromatic N) is 1. The third kappa shape index (κ3) is 5.67. The summed E-state index contributed by atoms with van der Waals surface area (Å²) in [5.74, 6) is -0.271. The Morgan fingerprint density at radius 3 is 2.17 bits per heavy atom. The number of nitrogens with one attached hydrogen (secondary N) is 1. The molecule has 0 bridgehead atoms. The lowest BCUT2D eigenvalue weighted by Gasteiger charge is -2.20. The summed E-state index contributed by atoms with van der Waals surface area (Å²) in [6.07, 6.45) is 0. The van der Waals surface area contributed by atoms with Crippen molar-refractivity contribution in [3.8, 4) is 5.75 Å². The summed E-state index contributed by atoms with van der Waals surface area (Å²) >= 11 is 6.00. The van der Waals surface area contributed by atoms with E-state index in [-0.39, 0.29) is 21.4 Å². The fourth-order valence-corrected chi connectivity index (χ4v) is 4.68. The lowest BCUT2D eigenvalue weighted by Crippen LogP contribution is -2.37. The number of anilines is 1. The standard InChI is InChI=1S/C17H20ClN3O6S2/c1-3-21(29(25,26)14-8-9-16(27-2)15(18)10-14)11-17(22)20-12-4-6-13(7-5-12)28(19,23)24/h4-10H,3,11H2,1-2H3,(H,20,22)(H2,19,23,24). The molecule has 2 aromatic carbocycles. The number of rotatable bonds is 8. The van der Waals surface area contributed by atoms with Gasteiger partial charge in [0.25, 0.3) is 0 Å². The number of methoxy groups -OCH3 is 1. The number of likely N-dealkylation sites (N-methyl/N-ethyl adjacent to an activating group) is 1. The van der Waals surface area contributed by atoms with E-state index >= 15 is 0 Å². The normalized spacial score (nSPS) is 12.0. The molecule has 0 aromatic heterocycles. The first-order valence-corrected chi connectivity index (χ1v) is 11.6. The van der Waals surface area contributed by atoms with E-state index in [4.69, 9.17) is 21.5 Å². The molecule has 0 unspecified atom stereocenters. The van der Waals surface area contributed by atoms with Crippen LogP contribution >= 0.6 is 11.6 Å². The second-order valence-electron chi connectivity index (χ2n) is 5.85. The van der Waals surface area contributed by atoms with Crippen LogP contribution < -0.4 is 15.2 Å². The van der Waals surface area contributed by atoms with E-state index in [2.05, 4.69) is 5.32 Å². The number of primary sulfonamides is 1. The zero-order chi connectivity index (χ0) is 21.8. The van der Waals surface area contributed by atoms with Crippen LogP contribution in [0.15, 0.2) is 52.3 Å². The van der Waals surface area contributed by atoms with E-state index in [9.17, 15) is 21.6 Å². The molecule has 0 radical (unpaired) electrons. The van der Waals surface area contributed by atoms with Gasteiger partial charge >= 0.3 is 0 Å². The Bertz CT molecular complexity index is 1100.